The van der Waals surface area contributed by atoms with Crippen molar-refractivity contribution < 1.29 is 9.59 Å². The molecule has 5 heteroatoms. The fourth-order valence-corrected chi connectivity index (χ4v) is 3.04. The molecule has 1 atom stereocenters. The van der Waals surface area contributed by atoms with Crippen LogP contribution in [0.25, 0.3) is 0 Å². The molecule has 5 nitrogen and oxygen atoms in total. The molecule has 22 heavy (non-hydrogen) atoms. The first-order valence-electron chi connectivity index (χ1n) is 7.98. The number of rotatable bonds is 6. The summed E-state index contributed by atoms with van der Waals surface area (Å²) >= 11 is 0. The van der Waals surface area contributed by atoms with Crippen LogP contribution in [0, 0.1) is 5.92 Å². The lowest BCUT2D eigenvalue weighted by molar-refractivity contribution is -0.123. The quantitative estimate of drug-likeness (QED) is 0.746. The van der Waals surface area contributed by atoms with Crippen LogP contribution in [0.5, 0.6) is 0 Å². The fraction of sp³-hybridized carbons (Fsp3) is 0.529. The van der Waals surface area contributed by atoms with Gasteiger partial charge in [-0.15, -0.1) is 0 Å². The molecule has 1 aromatic rings. The van der Waals surface area contributed by atoms with Gasteiger partial charge in [0.1, 0.15) is 0 Å². The Morgan fingerprint density at radius 3 is 2.64 bits per heavy atom. The third kappa shape index (κ3) is 4.84. The van der Waals surface area contributed by atoms with Gasteiger partial charge in [-0.2, -0.15) is 0 Å². The molecule has 1 aromatic carbocycles. The highest BCUT2D eigenvalue weighted by atomic mass is 16.2. The molecule has 1 aliphatic rings. The van der Waals surface area contributed by atoms with Crippen LogP contribution < -0.4 is 16.8 Å². The zero-order valence-corrected chi connectivity index (χ0v) is 12.9. The van der Waals surface area contributed by atoms with Crippen LogP contribution in [0.3, 0.4) is 0 Å². The van der Waals surface area contributed by atoms with Crippen molar-refractivity contribution in [3.8, 4) is 0 Å². The van der Waals surface area contributed by atoms with E-state index < -0.39 is 11.9 Å². The molecule has 0 heterocycles. The number of carbonyl (C=O) groups is 2. The number of hydrogen-bond donors (Lipinski definition) is 3. The predicted octanol–water partition coefficient (Wildman–Crippen LogP) is 1.70. The number of nitrogens with two attached hydrogens (primary N) is 2. The van der Waals surface area contributed by atoms with Crippen molar-refractivity contribution in [3.05, 3.63) is 35.4 Å². The number of hydrogen-bond acceptors (Lipinski definition) is 3. The van der Waals surface area contributed by atoms with Gasteiger partial charge in [0.15, 0.2) is 0 Å². The summed E-state index contributed by atoms with van der Waals surface area (Å²) in [6.45, 7) is 0.359. The topological polar surface area (TPSA) is 98.2 Å². The molecule has 5 N–H and O–H groups in total. The van der Waals surface area contributed by atoms with Crippen molar-refractivity contribution in [2.24, 2.45) is 17.4 Å². The van der Waals surface area contributed by atoms with Gasteiger partial charge in [-0.05, 0) is 30.0 Å². The van der Waals surface area contributed by atoms with E-state index in [1.165, 1.54) is 32.1 Å². The number of carbonyl (C=O) groups excluding carboxylic acids is 2. The Morgan fingerprint density at radius 2 is 1.95 bits per heavy atom. The lowest BCUT2D eigenvalue weighted by Crippen LogP contribution is -2.41. The van der Waals surface area contributed by atoms with Gasteiger partial charge in [0.2, 0.25) is 11.8 Å². The molecule has 2 rings (SSSR count). The number of amides is 2. The molecule has 0 aliphatic heterocycles. The van der Waals surface area contributed by atoms with Gasteiger partial charge in [-0.3, -0.25) is 9.59 Å². The minimum absolute atomic E-state index is 0.130. The summed E-state index contributed by atoms with van der Waals surface area (Å²) in [5, 5.41) is 2.84. The van der Waals surface area contributed by atoms with Crippen molar-refractivity contribution in [2.75, 3.05) is 0 Å². The minimum Gasteiger partial charge on any atom is -0.366 e. The summed E-state index contributed by atoms with van der Waals surface area (Å²) in [4.78, 5) is 23.2. The van der Waals surface area contributed by atoms with Gasteiger partial charge in [-0.25, -0.2) is 0 Å². The molecule has 0 aromatic heterocycles. The van der Waals surface area contributed by atoms with Crippen molar-refractivity contribution in [3.63, 3.8) is 0 Å². The summed E-state index contributed by atoms with van der Waals surface area (Å²) in [6, 6.07) is 6.49. The lowest BCUT2D eigenvalue weighted by Gasteiger charge is -2.24. The summed E-state index contributed by atoms with van der Waals surface area (Å²) < 4.78 is 0. The number of nitrogens with one attached hydrogen (secondary N) is 1. The maximum absolute atomic E-state index is 12.1. The third-order valence-corrected chi connectivity index (χ3v) is 4.33. The van der Waals surface area contributed by atoms with Gasteiger partial charge in [-0.1, -0.05) is 44.2 Å². The lowest BCUT2D eigenvalue weighted by atomic mass is 9.85. The Kier molecular flexibility index (Phi) is 5.95. The predicted molar refractivity (Wildman–Crippen MR) is 86.0 cm³/mol. The number of benzene rings is 1. The van der Waals surface area contributed by atoms with E-state index >= 15 is 0 Å². The molecular weight excluding hydrogens is 278 g/mol. The maximum atomic E-state index is 12.1. The molecule has 0 spiro atoms. The summed E-state index contributed by atoms with van der Waals surface area (Å²) in [5.41, 5.74) is 12.5. The van der Waals surface area contributed by atoms with Crippen LogP contribution in [0.15, 0.2) is 24.3 Å². The zero-order valence-electron chi connectivity index (χ0n) is 12.9. The smallest absolute Gasteiger partial charge is 0.248 e. The Bertz CT molecular complexity index is 524. The van der Waals surface area contributed by atoms with Gasteiger partial charge in [0, 0.05) is 12.1 Å². The summed E-state index contributed by atoms with van der Waals surface area (Å²) in [6.07, 6.45) is 6.92. The van der Waals surface area contributed by atoms with E-state index in [2.05, 4.69) is 5.32 Å². The molecular formula is C17H25N3O2. The largest absolute Gasteiger partial charge is 0.366 e. The summed E-state index contributed by atoms with van der Waals surface area (Å²) in [7, 11) is 0. The van der Waals surface area contributed by atoms with E-state index in [1.54, 1.807) is 18.2 Å². The second-order valence-corrected chi connectivity index (χ2v) is 6.13. The molecule has 1 fully saturated rings. The van der Waals surface area contributed by atoms with Crippen molar-refractivity contribution in [1.29, 1.82) is 0 Å². The first kappa shape index (κ1) is 16.5. The first-order valence-corrected chi connectivity index (χ1v) is 7.98. The van der Waals surface area contributed by atoms with E-state index in [9.17, 15) is 9.59 Å². The number of primary amides is 1. The normalized spacial score (nSPS) is 17.0. The molecule has 0 saturated heterocycles. The Balaban J connectivity index is 1.81. The van der Waals surface area contributed by atoms with Crippen molar-refractivity contribution in [1.82, 2.24) is 5.32 Å². The van der Waals surface area contributed by atoms with Crippen molar-refractivity contribution in [2.45, 2.75) is 51.1 Å². The highest BCUT2D eigenvalue weighted by Gasteiger charge is 2.21. The second kappa shape index (κ2) is 7.94. The highest BCUT2D eigenvalue weighted by molar-refractivity contribution is 5.92. The van der Waals surface area contributed by atoms with Crippen LogP contribution in [0.1, 0.15) is 54.4 Å². The molecule has 120 valence electrons. The average Bonchev–Trinajstić information content (AvgIpc) is 2.53. The average molecular weight is 303 g/mol. The second-order valence-electron chi connectivity index (χ2n) is 6.13. The first-order chi connectivity index (χ1) is 10.6. The standard InChI is InChI=1S/C17H25N3O2/c18-15(10-12-5-2-1-3-6-12)17(22)20-11-13-7-4-8-14(9-13)16(19)21/h4,7-9,12,15H,1-3,5-6,10-11,18H2,(H2,19,21)(H,20,22). The zero-order chi connectivity index (χ0) is 15.9. The van der Waals surface area contributed by atoms with Crippen LogP contribution >= 0.6 is 0 Å². The van der Waals surface area contributed by atoms with E-state index in [-0.39, 0.29) is 5.91 Å². The minimum atomic E-state index is -0.470. The third-order valence-electron chi connectivity index (χ3n) is 4.33. The van der Waals surface area contributed by atoms with Crippen LogP contribution in [0.2, 0.25) is 0 Å². The van der Waals surface area contributed by atoms with Crippen LogP contribution in [-0.2, 0) is 11.3 Å². The maximum Gasteiger partial charge on any atom is 0.248 e. The van der Waals surface area contributed by atoms with E-state index in [4.69, 9.17) is 11.5 Å². The van der Waals surface area contributed by atoms with E-state index in [1.807, 2.05) is 6.07 Å². The highest BCUT2D eigenvalue weighted by Crippen LogP contribution is 2.26. The van der Waals surface area contributed by atoms with Gasteiger partial charge in [0.05, 0.1) is 6.04 Å². The van der Waals surface area contributed by atoms with Crippen LogP contribution in [0.4, 0.5) is 0 Å². The Hall–Kier alpha value is -1.88. The van der Waals surface area contributed by atoms with Gasteiger partial charge in [0.25, 0.3) is 0 Å². The van der Waals surface area contributed by atoms with Gasteiger partial charge >= 0.3 is 0 Å². The van der Waals surface area contributed by atoms with Gasteiger partial charge < -0.3 is 16.8 Å². The van der Waals surface area contributed by atoms with Crippen LogP contribution in [-0.4, -0.2) is 17.9 Å². The molecule has 1 saturated carbocycles. The molecule has 0 radical (unpaired) electrons. The van der Waals surface area contributed by atoms with Crippen molar-refractivity contribution >= 4 is 11.8 Å². The Morgan fingerprint density at radius 1 is 1.23 bits per heavy atom. The monoisotopic (exact) mass is 303 g/mol. The molecule has 0 bridgehead atoms. The van der Waals surface area contributed by atoms with E-state index in [0.29, 0.717) is 18.0 Å². The molecule has 1 unspecified atom stereocenters. The molecule has 2 amide bonds. The Labute approximate surface area is 131 Å². The fourth-order valence-electron chi connectivity index (χ4n) is 3.04. The SMILES string of the molecule is NC(=O)c1cccc(CNC(=O)C(N)CC2CCCCC2)c1. The summed E-state index contributed by atoms with van der Waals surface area (Å²) in [5.74, 6) is -0.0232. The molecule has 1 aliphatic carbocycles. The van der Waals surface area contributed by atoms with E-state index in [0.717, 1.165) is 12.0 Å².